The van der Waals surface area contributed by atoms with Gasteiger partial charge in [0.1, 0.15) is 0 Å². The molecule has 3 rings (SSSR count). The van der Waals surface area contributed by atoms with Crippen LogP contribution >= 0.6 is 7.06 Å². The molecule has 0 aliphatic rings. The van der Waals surface area contributed by atoms with E-state index in [9.17, 15) is 9.79 Å². The Labute approximate surface area is 162 Å². The topological polar surface area (TPSA) is 40.5 Å². The molecule has 0 saturated carbocycles. The summed E-state index contributed by atoms with van der Waals surface area (Å²) in [4.78, 5) is 25.3. The summed E-state index contributed by atoms with van der Waals surface area (Å²) in [5.74, 6) is 0. The van der Waals surface area contributed by atoms with Gasteiger partial charge in [0.15, 0.2) is 0 Å². The van der Waals surface area contributed by atoms with E-state index in [0.717, 1.165) is 33.4 Å². The second-order valence-corrected chi connectivity index (χ2v) is 11.1. The van der Waals surface area contributed by atoms with Gasteiger partial charge >= 0.3 is 162 Å². The summed E-state index contributed by atoms with van der Waals surface area (Å²) < 4.78 is 0. The van der Waals surface area contributed by atoms with E-state index < -0.39 is 7.06 Å². The van der Waals surface area contributed by atoms with Crippen LogP contribution in [0, 0.1) is 41.5 Å². The Kier molecular flexibility index (Phi) is 4.80. The summed E-state index contributed by atoms with van der Waals surface area (Å²) in [6.07, 6.45) is 0. The zero-order valence-electron chi connectivity index (χ0n) is 17.0. The fourth-order valence-electron chi connectivity index (χ4n) is 4.76. The van der Waals surface area contributed by atoms with Gasteiger partial charge in [0.2, 0.25) is 0 Å². The molecular formula is C24H29O2P. The van der Waals surface area contributed by atoms with Crippen LogP contribution in [0.25, 0.3) is 0 Å². The Balaban J connectivity index is 2.65. The van der Waals surface area contributed by atoms with Crippen LogP contribution in [0.4, 0.5) is 0 Å². The molecule has 0 bridgehead atoms. The van der Waals surface area contributed by atoms with E-state index in [2.05, 4.69) is 0 Å². The summed E-state index contributed by atoms with van der Waals surface area (Å²) in [5, 5.41) is 2.00. The quantitative estimate of drug-likeness (QED) is 0.669. The molecule has 0 unspecified atom stereocenters. The molecule has 0 aromatic heterocycles. The van der Waals surface area contributed by atoms with Crippen molar-refractivity contribution in [3.63, 3.8) is 0 Å². The first kappa shape index (κ1) is 19.8. The number of aryl methyl sites for hydroxylation is 6. The third kappa shape index (κ3) is 2.84. The van der Waals surface area contributed by atoms with Crippen molar-refractivity contribution in [2.45, 2.75) is 41.5 Å². The first-order valence-electron chi connectivity index (χ1n) is 9.30. The first-order chi connectivity index (χ1) is 12.6. The zero-order chi connectivity index (χ0) is 20.0. The Bertz CT molecular complexity index is 842. The van der Waals surface area contributed by atoms with E-state index in [4.69, 9.17) is 0 Å². The summed E-state index contributed by atoms with van der Waals surface area (Å²) in [7, 11) is -4.66. The van der Waals surface area contributed by atoms with Gasteiger partial charge in [0.05, 0.1) is 0 Å². The molecular weight excluding hydrogens is 351 g/mol. The van der Waals surface area contributed by atoms with Crippen molar-refractivity contribution >= 4 is 23.0 Å². The monoisotopic (exact) mass is 380 g/mol. The van der Waals surface area contributed by atoms with Crippen LogP contribution in [0.2, 0.25) is 0 Å². The molecule has 2 nitrogen and oxygen atoms in total. The molecule has 0 aliphatic carbocycles. The van der Waals surface area contributed by atoms with Crippen LogP contribution in [-0.2, 0) is 0 Å². The molecule has 142 valence electrons. The maximum absolute atomic E-state index is 12.7. The van der Waals surface area contributed by atoms with Crippen molar-refractivity contribution in [1.82, 2.24) is 0 Å². The van der Waals surface area contributed by atoms with Gasteiger partial charge in [-0.25, -0.2) is 0 Å². The van der Waals surface area contributed by atoms with Crippen LogP contribution in [0.1, 0.15) is 33.4 Å². The predicted molar refractivity (Wildman–Crippen MR) is 118 cm³/mol. The SMILES string of the molecule is Cc1cccc(C)c1P(O)(O)(c1c(C)cccc1C)c1c(C)cccc1C. The minimum absolute atomic E-state index is 0.665. The molecule has 3 heteroatoms. The molecule has 0 fully saturated rings. The van der Waals surface area contributed by atoms with E-state index in [-0.39, 0.29) is 0 Å². The Morgan fingerprint density at radius 1 is 0.444 bits per heavy atom. The van der Waals surface area contributed by atoms with Crippen LogP contribution in [0.3, 0.4) is 0 Å². The Morgan fingerprint density at radius 3 is 0.815 bits per heavy atom. The Morgan fingerprint density at radius 2 is 0.630 bits per heavy atom. The average molecular weight is 380 g/mol. The van der Waals surface area contributed by atoms with Crippen molar-refractivity contribution in [3.05, 3.63) is 88.0 Å². The average Bonchev–Trinajstić information content (AvgIpc) is 2.53. The molecule has 0 spiro atoms. The third-order valence-electron chi connectivity index (χ3n) is 5.59. The molecule has 0 heterocycles. The molecule has 3 aromatic rings. The molecule has 2 N–H and O–H groups in total. The molecule has 27 heavy (non-hydrogen) atoms. The van der Waals surface area contributed by atoms with Crippen molar-refractivity contribution in [2.24, 2.45) is 0 Å². The van der Waals surface area contributed by atoms with Crippen LogP contribution in [0.15, 0.2) is 54.6 Å². The van der Waals surface area contributed by atoms with Crippen LogP contribution in [-0.4, -0.2) is 9.79 Å². The van der Waals surface area contributed by atoms with E-state index in [1.165, 1.54) is 0 Å². The van der Waals surface area contributed by atoms with Gasteiger partial charge in [-0.2, -0.15) is 0 Å². The minimum atomic E-state index is -4.66. The van der Waals surface area contributed by atoms with Gasteiger partial charge in [-0.1, -0.05) is 0 Å². The summed E-state index contributed by atoms with van der Waals surface area (Å²) in [5.41, 5.74) is 5.43. The summed E-state index contributed by atoms with van der Waals surface area (Å²) in [6.45, 7) is 11.8. The standard InChI is InChI=1S/C24H29O2P/c1-16-10-7-11-17(2)22(16)27(25,26,23-18(3)12-8-13-19(23)4)24-20(5)14-9-15-21(24)6/h7-15,25-26H,1-6H3. The van der Waals surface area contributed by atoms with E-state index >= 15 is 0 Å². The number of benzene rings is 3. The predicted octanol–water partition coefficient (Wildman–Crippen LogP) is 4.18. The second kappa shape index (κ2) is 6.56. The molecule has 3 aromatic carbocycles. The van der Waals surface area contributed by atoms with E-state index in [1.54, 1.807) is 0 Å². The zero-order valence-corrected chi connectivity index (χ0v) is 17.9. The van der Waals surface area contributed by atoms with Gasteiger partial charge in [-0.05, 0) is 0 Å². The Hall–Kier alpha value is -1.99. The van der Waals surface area contributed by atoms with Crippen LogP contribution in [0.5, 0.6) is 0 Å². The first-order valence-corrected chi connectivity index (χ1v) is 11.4. The third-order valence-corrected chi connectivity index (χ3v) is 10.2. The number of rotatable bonds is 3. The van der Waals surface area contributed by atoms with E-state index in [0.29, 0.717) is 15.9 Å². The van der Waals surface area contributed by atoms with Gasteiger partial charge in [-0.15, -0.1) is 0 Å². The molecule has 0 amide bonds. The van der Waals surface area contributed by atoms with Gasteiger partial charge < -0.3 is 0 Å². The van der Waals surface area contributed by atoms with E-state index in [1.807, 2.05) is 96.1 Å². The fourth-order valence-corrected chi connectivity index (χ4v) is 9.88. The van der Waals surface area contributed by atoms with Gasteiger partial charge in [-0.3, -0.25) is 0 Å². The summed E-state index contributed by atoms with van der Waals surface area (Å²) >= 11 is 0. The normalized spacial score (nSPS) is 13.3. The molecule has 0 saturated heterocycles. The molecule has 0 aliphatic heterocycles. The van der Waals surface area contributed by atoms with Crippen molar-refractivity contribution in [1.29, 1.82) is 0 Å². The molecule has 0 radical (unpaired) electrons. The summed E-state index contributed by atoms with van der Waals surface area (Å²) in [6, 6.07) is 17.7. The molecule has 0 atom stereocenters. The number of hydrogen-bond donors (Lipinski definition) is 2. The van der Waals surface area contributed by atoms with Crippen molar-refractivity contribution < 1.29 is 9.79 Å². The fraction of sp³-hybridized carbons (Fsp3) is 0.250. The van der Waals surface area contributed by atoms with Crippen molar-refractivity contribution in [3.8, 4) is 0 Å². The van der Waals surface area contributed by atoms with Crippen molar-refractivity contribution in [2.75, 3.05) is 0 Å². The number of hydrogen-bond acceptors (Lipinski definition) is 2. The second-order valence-electron chi connectivity index (χ2n) is 7.75. The van der Waals surface area contributed by atoms with Gasteiger partial charge in [0, 0.05) is 0 Å². The maximum atomic E-state index is 12.7. The van der Waals surface area contributed by atoms with Gasteiger partial charge in [0.25, 0.3) is 0 Å². The van der Waals surface area contributed by atoms with Crippen LogP contribution < -0.4 is 15.9 Å².